The third kappa shape index (κ3) is 5.34. The molecule has 224 valence electrons. The summed E-state index contributed by atoms with van der Waals surface area (Å²) >= 11 is 0. The standard InChI is InChI=1S/C34H41N7O2/c1-33(19-26-20-35-28-10-6-5-9-27(26)28,34-16-22-13-23(17-34)15-24(14-22)18-34)32(43)36-21-29(25-7-3-2-4-8-25)37-31(42)12-11-30-38-40-41-39-30/h2-10,20,22-24,29,35H,11-19,21H2,1H3,(H,36,43)(H,37,42)(H,38,39,40,41). The third-order valence-corrected chi connectivity index (χ3v) is 10.9. The van der Waals surface area contributed by atoms with Crippen LogP contribution in [0.15, 0.2) is 60.8 Å². The monoisotopic (exact) mass is 579 g/mol. The smallest absolute Gasteiger partial charge is 0.226 e. The van der Waals surface area contributed by atoms with Crippen LogP contribution >= 0.6 is 0 Å². The van der Waals surface area contributed by atoms with Crippen molar-refractivity contribution in [2.75, 3.05) is 6.54 Å². The van der Waals surface area contributed by atoms with Crippen molar-refractivity contribution in [1.82, 2.24) is 36.2 Å². The first-order chi connectivity index (χ1) is 20.9. The van der Waals surface area contributed by atoms with E-state index in [0.29, 0.717) is 25.2 Å². The van der Waals surface area contributed by atoms with Crippen molar-refractivity contribution in [3.05, 3.63) is 77.7 Å². The van der Waals surface area contributed by atoms with Gasteiger partial charge in [0.15, 0.2) is 5.82 Å². The number of fused-ring (bicyclic) bond motifs is 1. The largest absolute Gasteiger partial charge is 0.361 e. The summed E-state index contributed by atoms with van der Waals surface area (Å²) in [4.78, 5) is 31.1. The molecule has 4 saturated carbocycles. The fraction of sp³-hybridized carbons (Fsp3) is 0.500. The molecule has 0 spiro atoms. The molecular formula is C34H41N7O2. The van der Waals surface area contributed by atoms with Crippen molar-refractivity contribution in [3.8, 4) is 0 Å². The maximum atomic E-state index is 14.7. The topological polar surface area (TPSA) is 128 Å². The number of aromatic nitrogens is 5. The minimum absolute atomic E-state index is 0.0136. The number of nitrogens with one attached hydrogen (secondary N) is 4. The molecule has 4 aliphatic carbocycles. The Morgan fingerprint density at radius 1 is 1.00 bits per heavy atom. The van der Waals surface area contributed by atoms with Crippen LogP contribution in [0.2, 0.25) is 0 Å². The molecule has 0 radical (unpaired) electrons. The van der Waals surface area contributed by atoms with Crippen LogP contribution < -0.4 is 10.6 Å². The lowest BCUT2D eigenvalue weighted by atomic mass is 9.42. The third-order valence-electron chi connectivity index (χ3n) is 10.9. The molecule has 4 aliphatic rings. The van der Waals surface area contributed by atoms with Gasteiger partial charge in [-0.05, 0) is 92.2 Å². The fourth-order valence-corrected chi connectivity index (χ4v) is 9.06. The molecule has 43 heavy (non-hydrogen) atoms. The van der Waals surface area contributed by atoms with E-state index in [9.17, 15) is 9.59 Å². The summed E-state index contributed by atoms with van der Waals surface area (Å²) in [6.07, 6.45) is 10.8. The Hall–Kier alpha value is -4.01. The van der Waals surface area contributed by atoms with Crippen LogP contribution in [0.3, 0.4) is 0 Å². The predicted octanol–water partition coefficient (Wildman–Crippen LogP) is 5.05. The van der Waals surface area contributed by atoms with Gasteiger partial charge in [-0.1, -0.05) is 53.7 Å². The number of benzene rings is 2. The van der Waals surface area contributed by atoms with E-state index in [0.717, 1.165) is 48.1 Å². The second-order valence-electron chi connectivity index (χ2n) is 13.6. The van der Waals surface area contributed by atoms with E-state index in [1.54, 1.807) is 0 Å². The van der Waals surface area contributed by atoms with Crippen LogP contribution in [0.1, 0.15) is 74.9 Å². The van der Waals surface area contributed by atoms with Gasteiger partial charge in [-0.2, -0.15) is 5.21 Å². The molecule has 4 N–H and O–H groups in total. The summed E-state index contributed by atoms with van der Waals surface area (Å²) in [6.45, 7) is 2.56. The van der Waals surface area contributed by atoms with Crippen LogP contribution in [-0.4, -0.2) is 44.0 Å². The van der Waals surface area contributed by atoms with Crippen LogP contribution in [0.5, 0.6) is 0 Å². The number of aryl methyl sites for hydroxylation is 1. The summed E-state index contributed by atoms with van der Waals surface area (Å²) < 4.78 is 0. The lowest BCUT2D eigenvalue weighted by Crippen LogP contribution is -2.60. The van der Waals surface area contributed by atoms with E-state index in [1.165, 1.54) is 30.2 Å². The quantitative estimate of drug-likeness (QED) is 0.198. The second-order valence-corrected chi connectivity index (χ2v) is 13.6. The highest BCUT2D eigenvalue weighted by Gasteiger charge is 2.61. The zero-order chi connectivity index (χ0) is 29.4. The average molecular weight is 580 g/mol. The summed E-state index contributed by atoms with van der Waals surface area (Å²) in [5, 5.41) is 21.6. The SMILES string of the molecule is CC(Cc1c[nH]c2ccccc12)(C(=O)NCC(NC(=O)CCc1nn[nH]n1)c1ccccc1)C12CC3CC(CC(C3)C1)C2. The molecule has 2 heterocycles. The van der Waals surface area contributed by atoms with Crippen LogP contribution in [0.4, 0.5) is 0 Å². The Kier molecular flexibility index (Phi) is 7.27. The molecule has 2 atom stereocenters. The van der Waals surface area contributed by atoms with Gasteiger partial charge in [-0.25, -0.2) is 0 Å². The number of carbonyl (C=O) groups excluding carboxylic acids is 2. The Morgan fingerprint density at radius 2 is 1.70 bits per heavy atom. The number of nitrogens with zero attached hydrogens (tertiary/aromatic N) is 3. The summed E-state index contributed by atoms with van der Waals surface area (Å²) in [5.41, 5.74) is 2.69. The summed E-state index contributed by atoms with van der Waals surface area (Å²) in [6, 6.07) is 17.9. The number of H-pyrrole nitrogens is 2. The van der Waals surface area contributed by atoms with Crippen LogP contribution in [-0.2, 0) is 22.4 Å². The molecule has 8 rings (SSSR count). The van der Waals surface area contributed by atoms with Crippen LogP contribution in [0, 0.1) is 28.6 Å². The zero-order valence-corrected chi connectivity index (χ0v) is 24.8. The van der Waals surface area contributed by atoms with Gasteiger partial charge in [0.05, 0.1) is 11.5 Å². The van der Waals surface area contributed by atoms with Crippen molar-refractivity contribution in [2.45, 2.75) is 70.8 Å². The van der Waals surface area contributed by atoms with E-state index in [1.807, 2.05) is 36.4 Å². The Bertz CT molecular complexity index is 1550. The highest BCUT2D eigenvalue weighted by Crippen LogP contribution is 2.66. The normalized spacial score (nSPS) is 26.2. The van der Waals surface area contributed by atoms with E-state index in [2.05, 4.69) is 67.6 Å². The summed E-state index contributed by atoms with van der Waals surface area (Å²) in [5.74, 6) is 2.69. The number of tetrazole rings is 1. The molecule has 9 nitrogen and oxygen atoms in total. The number of rotatable bonds is 11. The Labute approximate surface area is 252 Å². The van der Waals surface area contributed by atoms with Gasteiger partial charge < -0.3 is 15.6 Å². The van der Waals surface area contributed by atoms with Crippen molar-refractivity contribution in [2.24, 2.45) is 28.6 Å². The number of amides is 2. The first-order valence-electron chi connectivity index (χ1n) is 15.8. The molecule has 4 aromatic rings. The van der Waals surface area contributed by atoms with Crippen LogP contribution in [0.25, 0.3) is 10.9 Å². The molecule has 9 heteroatoms. The van der Waals surface area contributed by atoms with Gasteiger partial charge in [0.25, 0.3) is 0 Å². The Morgan fingerprint density at radius 3 is 2.40 bits per heavy atom. The molecule has 4 fully saturated rings. The second kappa shape index (κ2) is 11.2. The van der Waals surface area contributed by atoms with E-state index in [-0.39, 0.29) is 29.7 Å². The molecule has 0 aliphatic heterocycles. The maximum Gasteiger partial charge on any atom is 0.226 e. The molecule has 2 aromatic heterocycles. The number of carbonyl (C=O) groups is 2. The summed E-state index contributed by atoms with van der Waals surface area (Å²) in [7, 11) is 0. The lowest BCUT2D eigenvalue weighted by Gasteiger charge is -2.62. The number of aromatic amines is 2. The minimum atomic E-state index is -0.572. The van der Waals surface area contributed by atoms with Gasteiger partial charge in [-0.15, -0.1) is 10.2 Å². The number of hydrogen-bond donors (Lipinski definition) is 4. The fourth-order valence-electron chi connectivity index (χ4n) is 9.06. The average Bonchev–Trinajstić information content (AvgIpc) is 3.68. The molecule has 2 aromatic carbocycles. The molecule has 2 amide bonds. The van der Waals surface area contributed by atoms with Crippen molar-refractivity contribution in [3.63, 3.8) is 0 Å². The van der Waals surface area contributed by atoms with E-state index < -0.39 is 5.41 Å². The lowest BCUT2D eigenvalue weighted by molar-refractivity contribution is -0.160. The number of hydrogen-bond acceptors (Lipinski definition) is 5. The van der Waals surface area contributed by atoms with Gasteiger partial charge in [0, 0.05) is 36.5 Å². The maximum absolute atomic E-state index is 14.7. The van der Waals surface area contributed by atoms with Gasteiger partial charge in [0.2, 0.25) is 11.8 Å². The van der Waals surface area contributed by atoms with E-state index >= 15 is 0 Å². The highest BCUT2D eigenvalue weighted by atomic mass is 16.2. The first kappa shape index (κ1) is 27.8. The van der Waals surface area contributed by atoms with Crippen molar-refractivity contribution in [1.29, 1.82) is 0 Å². The predicted molar refractivity (Wildman–Crippen MR) is 164 cm³/mol. The molecule has 0 saturated heterocycles. The first-order valence-corrected chi connectivity index (χ1v) is 15.8. The van der Waals surface area contributed by atoms with Crippen molar-refractivity contribution >= 4 is 22.7 Å². The molecule has 2 unspecified atom stereocenters. The van der Waals surface area contributed by atoms with E-state index in [4.69, 9.17) is 0 Å². The van der Waals surface area contributed by atoms with Gasteiger partial charge >= 0.3 is 0 Å². The highest BCUT2D eigenvalue weighted by molar-refractivity contribution is 5.87. The minimum Gasteiger partial charge on any atom is -0.361 e. The van der Waals surface area contributed by atoms with Crippen molar-refractivity contribution < 1.29 is 9.59 Å². The molecular weight excluding hydrogens is 538 g/mol. The Balaban J connectivity index is 1.14. The molecule has 4 bridgehead atoms. The zero-order valence-electron chi connectivity index (χ0n) is 24.8. The number of para-hydroxylation sites is 1. The van der Waals surface area contributed by atoms with Gasteiger partial charge in [0.1, 0.15) is 0 Å². The van der Waals surface area contributed by atoms with Gasteiger partial charge in [-0.3, -0.25) is 9.59 Å².